The monoisotopic (exact) mass is 223 g/mol. The van der Waals surface area contributed by atoms with Crippen molar-refractivity contribution in [3.05, 3.63) is 0 Å². The number of ether oxygens (including phenoxy) is 1. The van der Waals surface area contributed by atoms with E-state index in [2.05, 4.69) is 4.74 Å². The Bertz CT molecular complexity index is 293. The number of carbonyl (C=O) groups excluding carboxylic acids is 1. The van der Waals surface area contributed by atoms with Crippen LogP contribution in [-0.2, 0) is 9.53 Å². The van der Waals surface area contributed by atoms with Gasteiger partial charge in [0.1, 0.15) is 6.04 Å². The second kappa shape index (κ2) is 2.66. The van der Waals surface area contributed by atoms with E-state index in [-0.39, 0.29) is 19.3 Å². The first kappa shape index (κ1) is 10.7. The number of carbonyl (C=O) groups is 1. The molecule has 0 aromatic rings. The molecule has 1 atom stereocenters. The average Bonchev–Trinajstić information content (AvgIpc) is 1.94. The van der Waals surface area contributed by atoms with Crippen molar-refractivity contribution in [3.63, 3.8) is 0 Å². The van der Waals surface area contributed by atoms with Crippen LogP contribution in [0.3, 0.4) is 0 Å². The van der Waals surface area contributed by atoms with Crippen LogP contribution in [0.5, 0.6) is 0 Å². The highest BCUT2D eigenvalue weighted by atomic mass is 19.4. The predicted octanol–water partition coefficient (Wildman–Crippen LogP) is 1.22. The van der Waals surface area contributed by atoms with Crippen LogP contribution < -0.4 is 5.73 Å². The number of halogens is 3. The van der Waals surface area contributed by atoms with Gasteiger partial charge in [0.2, 0.25) is 0 Å². The van der Waals surface area contributed by atoms with Crippen molar-refractivity contribution in [1.29, 1.82) is 0 Å². The zero-order valence-electron chi connectivity index (χ0n) is 8.23. The third-order valence-corrected chi connectivity index (χ3v) is 3.79. The number of methoxy groups -OCH3 is 1. The van der Waals surface area contributed by atoms with Gasteiger partial charge in [0.25, 0.3) is 0 Å². The Morgan fingerprint density at radius 2 is 1.87 bits per heavy atom. The molecule has 3 fully saturated rings. The number of esters is 1. The summed E-state index contributed by atoms with van der Waals surface area (Å²) in [4.78, 5) is 11.1. The largest absolute Gasteiger partial charge is 0.468 e. The van der Waals surface area contributed by atoms with Crippen LogP contribution >= 0.6 is 0 Å². The Hall–Kier alpha value is -0.780. The zero-order chi connectivity index (χ0) is 11.5. The quantitative estimate of drug-likeness (QED) is 0.716. The fourth-order valence-corrected chi connectivity index (χ4v) is 2.87. The average molecular weight is 223 g/mol. The Balaban J connectivity index is 2.01. The molecule has 0 aromatic carbocycles. The highest BCUT2D eigenvalue weighted by Gasteiger charge is 2.80. The van der Waals surface area contributed by atoms with Gasteiger partial charge in [0.05, 0.1) is 12.5 Å². The molecular formula is C9H12F3NO2. The van der Waals surface area contributed by atoms with E-state index in [1.54, 1.807) is 0 Å². The number of alkyl halides is 3. The van der Waals surface area contributed by atoms with E-state index in [0.717, 1.165) is 0 Å². The van der Waals surface area contributed by atoms with Crippen molar-refractivity contribution >= 4 is 5.97 Å². The standard InChI is InChI=1S/C9H12F3NO2/c1-15-6(14)5(13)7-2-8(3-7,4-7)9(10,11)12/h5H,2-4,13H2,1H3/t5-,7?,8?/m1/s1. The molecule has 0 saturated heterocycles. The smallest absolute Gasteiger partial charge is 0.394 e. The highest BCUT2D eigenvalue weighted by molar-refractivity contribution is 5.77. The van der Waals surface area contributed by atoms with Gasteiger partial charge in [-0.1, -0.05) is 0 Å². The maximum Gasteiger partial charge on any atom is 0.394 e. The van der Waals surface area contributed by atoms with Crippen molar-refractivity contribution in [2.24, 2.45) is 16.6 Å². The van der Waals surface area contributed by atoms with Gasteiger partial charge in [-0.2, -0.15) is 13.2 Å². The molecule has 0 radical (unpaired) electrons. The second-order valence-electron chi connectivity index (χ2n) is 4.67. The van der Waals surface area contributed by atoms with Crippen LogP contribution in [-0.4, -0.2) is 25.3 Å². The normalized spacial score (nSPS) is 40.1. The molecule has 0 aromatic heterocycles. The number of hydrogen-bond donors (Lipinski definition) is 1. The lowest BCUT2D eigenvalue weighted by molar-refractivity contribution is -0.366. The lowest BCUT2D eigenvalue weighted by Crippen LogP contribution is -2.74. The van der Waals surface area contributed by atoms with Gasteiger partial charge in [0.15, 0.2) is 0 Å². The van der Waals surface area contributed by atoms with E-state index in [1.165, 1.54) is 7.11 Å². The molecule has 0 unspecified atom stereocenters. The molecule has 3 aliphatic rings. The molecule has 86 valence electrons. The Labute approximate surface area is 84.8 Å². The number of rotatable bonds is 2. The molecule has 2 bridgehead atoms. The fourth-order valence-electron chi connectivity index (χ4n) is 2.87. The van der Waals surface area contributed by atoms with Crippen molar-refractivity contribution in [2.75, 3.05) is 7.11 Å². The summed E-state index contributed by atoms with van der Waals surface area (Å²) in [6.07, 6.45) is -4.25. The van der Waals surface area contributed by atoms with Crippen molar-refractivity contribution in [2.45, 2.75) is 31.5 Å². The van der Waals surface area contributed by atoms with Gasteiger partial charge in [-0.25, -0.2) is 0 Å². The van der Waals surface area contributed by atoms with E-state index < -0.39 is 29.0 Å². The van der Waals surface area contributed by atoms with Gasteiger partial charge in [-0.15, -0.1) is 0 Å². The number of nitrogens with two attached hydrogens (primary N) is 1. The molecule has 0 spiro atoms. The van der Waals surface area contributed by atoms with Crippen molar-refractivity contribution < 1.29 is 22.7 Å². The summed E-state index contributed by atoms with van der Waals surface area (Å²) >= 11 is 0. The summed E-state index contributed by atoms with van der Waals surface area (Å²) in [6.45, 7) is 0. The molecule has 2 N–H and O–H groups in total. The zero-order valence-corrected chi connectivity index (χ0v) is 8.23. The molecule has 3 aliphatic carbocycles. The van der Waals surface area contributed by atoms with E-state index in [0.29, 0.717) is 0 Å². The molecule has 0 heterocycles. The predicted molar refractivity (Wildman–Crippen MR) is 44.8 cm³/mol. The minimum absolute atomic E-state index is 0.0280. The SMILES string of the molecule is COC(=O)[C@@H](N)C12CC(C(F)(F)F)(C1)C2. The summed E-state index contributed by atoms with van der Waals surface area (Å²) in [6, 6.07) is -0.910. The minimum atomic E-state index is -4.16. The van der Waals surface area contributed by atoms with Gasteiger partial charge in [-0.3, -0.25) is 4.79 Å². The number of hydrogen-bond acceptors (Lipinski definition) is 3. The van der Waals surface area contributed by atoms with E-state index >= 15 is 0 Å². The molecule has 15 heavy (non-hydrogen) atoms. The summed E-state index contributed by atoms with van der Waals surface area (Å²) in [5, 5.41) is 0. The van der Waals surface area contributed by atoms with Crippen LogP contribution in [0.4, 0.5) is 13.2 Å². The van der Waals surface area contributed by atoms with Gasteiger partial charge in [0, 0.05) is 0 Å². The first-order valence-corrected chi connectivity index (χ1v) is 4.67. The molecule has 0 amide bonds. The van der Waals surface area contributed by atoms with Crippen LogP contribution in [0.25, 0.3) is 0 Å². The van der Waals surface area contributed by atoms with Crippen LogP contribution in [0.15, 0.2) is 0 Å². The Morgan fingerprint density at radius 3 is 2.20 bits per heavy atom. The lowest BCUT2D eigenvalue weighted by atomic mass is 9.33. The summed E-state index contributed by atoms with van der Waals surface area (Å²) in [7, 11) is 1.19. The van der Waals surface area contributed by atoms with Crippen LogP contribution in [0.2, 0.25) is 0 Å². The summed E-state index contributed by atoms with van der Waals surface area (Å²) in [5.41, 5.74) is 3.36. The highest BCUT2D eigenvalue weighted by Crippen LogP contribution is 2.79. The molecule has 0 aliphatic heterocycles. The maximum absolute atomic E-state index is 12.5. The molecule has 3 saturated carbocycles. The molecular weight excluding hydrogens is 211 g/mol. The van der Waals surface area contributed by atoms with E-state index in [4.69, 9.17) is 5.73 Å². The third kappa shape index (κ3) is 1.14. The maximum atomic E-state index is 12.5. The molecule has 3 nitrogen and oxygen atoms in total. The molecule has 3 rings (SSSR count). The van der Waals surface area contributed by atoms with E-state index in [9.17, 15) is 18.0 Å². The first-order chi connectivity index (χ1) is 6.76. The van der Waals surface area contributed by atoms with Gasteiger partial charge < -0.3 is 10.5 Å². The first-order valence-electron chi connectivity index (χ1n) is 4.67. The third-order valence-electron chi connectivity index (χ3n) is 3.79. The van der Waals surface area contributed by atoms with Crippen molar-refractivity contribution in [3.8, 4) is 0 Å². The van der Waals surface area contributed by atoms with Gasteiger partial charge in [-0.05, 0) is 24.7 Å². The van der Waals surface area contributed by atoms with E-state index in [1.807, 2.05) is 0 Å². The van der Waals surface area contributed by atoms with Crippen LogP contribution in [0.1, 0.15) is 19.3 Å². The van der Waals surface area contributed by atoms with Gasteiger partial charge >= 0.3 is 12.1 Å². The second-order valence-corrected chi connectivity index (χ2v) is 4.67. The summed E-state index contributed by atoms with van der Waals surface area (Å²) < 4.78 is 41.9. The lowest BCUT2D eigenvalue weighted by Gasteiger charge is -2.71. The minimum Gasteiger partial charge on any atom is -0.468 e. The fraction of sp³-hybridized carbons (Fsp3) is 0.889. The molecule has 6 heteroatoms. The topological polar surface area (TPSA) is 52.3 Å². The Morgan fingerprint density at radius 1 is 1.40 bits per heavy atom. The van der Waals surface area contributed by atoms with Crippen molar-refractivity contribution in [1.82, 2.24) is 0 Å². The Kier molecular flexibility index (Phi) is 1.91. The summed E-state index contributed by atoms with van der Waals surface area (Å²) in [5.74, 6) is -0.620. The van der Waals surface area contributed by atoms with Crippen LogP contribution in [0, 0.1) is 10.8 Å².